The zero-order valence-electron chi connectivity index (χ0n) is 19.7. The van der Waals surface area contributed by atoms with E-state index < -0.39 is 28.8 Å². The van der Waals surface area contributed by atoms with E-state index in [1.165, 1.54) is 67.8 Å². The van der Waals surface area contributed by atoms with E-state index in [1.807, 2.05) is 0 Å². The van der Waals surface area contributed by atoms with Crippen LogP contribution in [0.15, 0.2) is 64.7 Å². The topological polar surface area (TPSA) is 179 Å². The number of urea groups is 1. The number of aromatic carboxylic acids is 1. The molecule has 0 aliphatic carbocycles. The van der Waals surface area contributed by atoms with E-state index >= 15 is 0 Å². The van der Waals surface area contributed by atoms with Gasteiger partial charge in [0, 0.05) is 11.6 Å². The number of nitro benzene ring substituents is 1. The van der Waals surface area contributed by atoms with Crippen LogP contribution in [0.25, 0.3) is 6.08 Å². The van der Waals surface area contributed by atoms with Crippen molar-refractivity contribution in [1.82, 2.24) is 10.2 Å². The average molecular weight is 521 g/mol. The van der Waals surface area contributed by atoms with E-state index in [-0.39, 0.29) is 52.9 Å². The van der Waals surface area contributed by atoms with Crippen LogP contribution >= 0.6 is 0 Å². The molecule has 0 saturated carbocycles. The van der Waals surface area contributed by atoms with Crippen LogP contribution in [0.3, 0.4) is 0 Å². The van der Waals surface area contributed by atoms with Gasteiger partial charge in [-0.05, 0) is 35.9 Å². The predicted molar refractivity (Wildman–Crippen MR) is 128 cm³/mol. The number of imide groups is 1. The lowest BCUT2D eigenvalue weighted by Gasteiger charge is -2.11. The van der Waals surface area contributed by atoms with Crippen molar-refractivity contribution in [2.45, 2.75) is 13.2 Å². The Labute approximate surface area is 214 Å². The van der Waals surface area contributed by atoms with E-state index in [2.05, 4.69) is 10.1 Å². The highest BCUT2D eigenvalue weighted by molar-refractivity contribution is 6.14. The van der Waals surface area contributed by atoms with Crippen LogP contribution in [0.4, 0.5) is 10.5 Å². The molecule has 0 atom stereocenters. The number of furan rings is 1. The van der Waals surface area contributed by atoms with E-state index in [0.717, 1.165) is 4.90 Å². The van der Waals surface area contributed by atoms with Gasteiger partial charge in [-0.3, -0.25) is 19.8 Å². The maximum absolute atomic E-state index is 12.9. The highest BCUT2D eigenvalue weighted by Gasteiger charge is 2.35. The molecule has 13 heteroatoms. The largest absolute Gasteiger partial charge is 0.482 e. The molecule has 194 valence electrons. The molecule has 1 aliphatic heterocycles. The SMILES string of the molecule is COC(=O)c1ccc(CN2C(=O)N/C(=C\c3cccc([N+](=O)[O-])c3OCc3ccc(C(=O)O)cc3)C2=O)o1. The molecule has 2 N–H and O–H groups in total. The number of para-hydroxylation sites is 1. The lowest BCUT2D eigenvalue weighted by atomic mass is 10.1. The third-order valence-corrected chi connectivity index (χ3v) is 5.43. The number of carboxylic acids is 1. The number of carbonyl (C=O) groups is 4. The maximum Gasteiger partial charge on any atom is 0.373 e. The van der Waals surface area contributed by atoms with Crippen LogP contribution in [0.2, 0.25) is 0 Å². The summed E-state index contributed by atoms with van der Waals surface area (Å²) in [5.74, 6) is -2.64. The van der Waals surface area contributed by atoms with E-state index in [0.29, 0.717) is 5.56 Å². The number of hydrogen-bond acceptors (Lipinski definition) is 9. The van der Waals surface area contributed by atoms with Crippen LogP contribution in [0.1, 0.15) is 37.8 Å². The van der Waals surface area contributed by atoms with Crippen molar-refractivity contribution < 1.29 is 43.1 Å². The molecule has 13 nitrogen and oxygen atoms in total. The standard InChI is InChI=1S/C25H19N3O10/c1-36-24(32)20-10-9-17(38-20)12-27-22(29)18(26-25(27)33)11-16-3-2-4-19(28(34)35)21(16)37-13-14-5-7-15(8-6-14)23(30)31/h2-11H,12-13H2,1H3,(H,26,33)(H,30,31)/b18-11-. The molecule has 1 saturated heterocycles. The second kappa shape index (κ2) is 10.7. The third kappa shape index (κ3) is 5.36. The first-order chi connectivity index (χ1) is 18.2. The van der Waals surface area contributed by atoms with Crippen molar-refractivity contribution in [2.75, 3.05) is 7.11 Å². The van der Waals surface area contributed by atoms with Gasteiger partial charge in [0.1, 0.15) is 18.1 Å². The Morgan fingerprint density at radius 1 is 1.13 bits per heavy atom. The summed E-state index contributed by atoms with van der Waals surface area (Å²) in [5, 5.41) is 23.1. The van der Waals surface area contributed by atoms with E-state index in [1.54, 1.807) is 0 Å². The number of esters is 1. The maximum atomic E-state index is 12.9. The summed E-state index contributed by atoms with van der Waals surface area (Å²) in [6.45, 7) is -0.405. The smallest absolute Gasteiger partial charge is 0.373 e. The second-order valence-corrected chi connectivity index (χ2v) is 7.88. The normalized spacial score (nSPS) is 13.9. The molecular weight excluding hydrogens is 502 g/mol. The van der Waals surface area contributed by atoms with Gasteiger partial charge in [0.2, 0.25) is 11.5 Å². The molecule has 1 aromatic heterocycles. The zero-order chi connectivity index (χ0) is 27.4. The summed E-state index contributed by atoms with van der Waals surface area (Å²) >= 11 is 0. The highest BCUT2D eigenvalue weighted by atomic mass is 16.6. The van der Waals surface area contributed by atoms with Crippen LogP contribution in [0.5, 0.6) is 5.75 Å². The van der Waals surface area contributed by atoms with Crippen molar-refractivity contribution in [2.24, 2.45) is 0 Å². The van der Waals surface area contributed by atoms with Gasteiger partial charge in [0.05, 0.1) is 24.1 Å². The fourth-order valence-electron chi connectivity index (χ4n) is 3.56. The average Bonchev–Trinajstić information content (AvgIpc) is 3.47. The van der Waals surface area contributed by atoms with Gasteiger partial charge in [0.15, 0.2) is 0 Å². The number of nitro groups is 1. The molecule has 3 aromatic rings. The van der Waals surface area contributed by atoms with Gasteiger partial charge in [-0.1, -0.05) is 24.3 Å². The molecule has 2 heterocycles. The number of nitrogens with zero attached hydrogens (tertiary/aromatic N) is 2. The Morgan fingerprint density at radius 2 is 1.87 bits per heavy atom. The van der Waals surface area contributed by atoms with Crippen molar-refractivity contribution in [3.8, 4) is 5.75 Å². The molecule has 0 radical (unpaired) electrons. The summed E-state index contributed by atoms with van der Waals surface area (Å²) in [6.07, 6.45) is 1.25. The lowest BCUT2D eigenvalue weighted by Crippen LogP contribution is -2.30. The summed E-state index contributed by atoms with van der Waals surface area (Å²) in [7, 11) is 1.18. The van der Waals surface area contributed by atoms with Gasteiger partial charge in [-0.2, -0.15) is 0 Å². The highest BCUT2D eigenvalue weighted by Crippen LogP contribution is 2.33. The lowest BCUT2D eigenvalue weighted by molar-refractivity contribution is -0.386. The molecule has 0 spiro atoms. The number of carboxylic acid groups (broad SMARTS) is 1. The van der Waals surface area contributed by atoms with Crippen LogP contribution in [0, 0.1) is 10.1 Å². The van der Waals surface area contributed by atoms with E-state index in [4.69, 9.17) is 14.3 Å². The number of benzene rings is 2. The van der Waals surface area contributed by atoms with Crippen molar-refractivity contribution >= 4 is 35.6 Å². The number of rotatable bonds is 9. The Bertz CT molecular complexity index is 1470. The Morgan fingerprint density at radius 3 is 2.53 bits per heavy atom. The number of nitrogens with one attached hydrogen (secondary N) is 1. The molecule has 2 aromatic carbocycles. The van der Waals surface area contributed by atoms with Gasteiger partial charge < -0.3 is 24.3 Å². The first kappa shape index (κ1) is 25.6. The Balaban J connectivity index is 1.57. The fraction of sp³-hybridized carbons (Fsp3) is 0.120. The Kier molecular flexibility index (Phi) is 7.19. The number of methoxy groups -OCH3 is 1. The number of hydrogen-bond donors (Lipinski definition) is 2. The summed E-state index contributed by atoms with van der Waals surface area (Å²) in [6, 6.07) is 11.9. The molecule has 38 heavy (non-hydrogen) atoms. The van der Waals surface area contributed by atoms with Crippen LogP contribution in [-0.2, 0) is 22.7 Å². The Hall–Kier alpha value is -5.46. The van der Waals surface area contributed by atoms with Gasteiger partial charge >= 0.3 is 23.7 Å². The van der Waals surface area contributed by atoms with Crippen molar-refractivity contribution in [1.29, 1.82) is 0 Å². The predicted octanol–water partition coefficient (Wildman–Crippen LogP) is 3.34. The number of carbonyl (C=O) groups excluding carboxylic acids is 3. The minimum absolute atomic E-state index is 0.0703. The second-order valence-electron chi connectivity index (χ2n) is 7.88. The summed E-state index contributed by atoms with van der Waals surface area (Å²) < 4.78 is 15.6. The third-order valence-electron chi connectivity index (χ3n) is 5.43. The first-order valence-electron chi connectivity index (χ1n) is 10.9. The van der Waals surface area contributed by atoms with Gasteiger partial charge in [-0.15, -0.1) is 0 Å². The van der Waals surface area contributed by atoms with Crippen molar-refractivity contribution in [3.63, 3.8) is 0 Å². The number of amides is 3. The van der Waals surface area contributed by atoms with Gasteiger partial charge in [-0.25, -0.2) is 14.4 Å². The zero-order valence-corrected chi connectivity index (χ0v) is 19.7. The quantitative estimate of drug-likeness (QED) is 0.139. The minimum atomic E-state index is -1.10. The van der Waals surface area contributed by atoms with E-state index in [9.17, 15) is 29.3 Å². The fourth-order valence-corrected chi connectivity index (χ4v) is 3.56. The van der Waals surface area contributed by atoms with Crippen LogP contribution < -0.4 is 10.1 Å². The molecule has 1 fully saturated rings. The molecule has 4 rings (SSSR count). The molecule has 0 bridgehead atoms. The van der Waals surface area contributed by atoms with Crippen LogP contribution in [-0.4, -0.2) is 45.9 Å². The first-order valence-corrected chi connectivity index (χ1v) is 10.9. The monoisotopic (exact) mass is 521 g/mol. The summed E-state index contributed by atoms with van der Waals surface area (Å²) in [5.41, 5.74) is 0.235. The van der Waals surface area contributed by atoms with Gasteiger partial charge in [0.25, 0.3) is 5.91 Å². The molecule has 1 aliphatic rings. The molecular formula is C25H19N3O10. The minimum Gasteiger partial charge on any atom is -0.482 e. The summed E-state index contributed by atoms with van der Waals surface area (Å²) in [4.78, 5) is 59.8. The van der Waals surface area contributed by atoms with Crippen molar-refractivity contribution in [3.05, 3.63) is 98.6 Å². The molecule has 0 unspecified atom stereocenters. The number of ether oxygens (including phenoxy) is 2. The molecule has 3 amide bonds.